The lowest BCUT2D eigenvalue weighted by molar-refractivity contribution is 1.13. The lowest BCUT2D eigenvalue weighted by atomic mass is 9.97. The summed E-state index contributed by atoms with van der Waals surface area (Å²) in [7, 11) is 0. The quantitative estimate of drug-likeness (QED) is 0.785. The molecule has 0 spiro atoms. The van der Waals surface area contributed by atoms with E-state index < -0.39 is 0 Å². The Labute approximate surface area is 96.7 Å². The zero-order valence-corrected chi connectivity index (χ0v) is 9.39. The Morgan fingerprint density at radius 3 is 2.06 bits per heavy atom. The van der Waals surface area contributed by atoms with Gasteiger partial charge in [0.15, 0.2) is 0 Å². The summed E-state index contributed by atoms with van der Waals surface area (Å²) in [6.07, 6.45) is 2.73. The third-order valence-electron chi connectivity index (χ3n) is 3.06. The fourth-order valence-corrected chi connectivity index (χ4v) is 2.13. The van der Waals surface area contributed by atoms with E-state index in [1.165, 1.54) is 29.5 Å². The largest absolute Gasteiger partial charge is 0.344 e. The standard InChI is InChI=1S/C15H14.H3N/c1-2-6-12(7-3-1)14-8-4-5-9-15(14)13-10-11-13;/h1-9,13H,10-11H2;1H3. The van der Waals surface area contributed by atoms with Crippen molar-refractivity contribution in [2.45, 2.75) is 18.8 Å². The minimum Gasteiger partial charge on any atom is -0.344 e. The number of hydrogen-bond donors (Lipinski definition) is 1. The van der Waals surface area contributed by atoms with Crippen LogP contribution in [0.15, 0.2) is 54.6 Å². The lowest BCUT2D eigenvalue weighted by Gasteiger charge is -2.08. The molecular weight excluding hydrogens is 194 g/mol. The van der Waals surface area contributed by atoms with Gasteiger partial charge in [0.05, 0.1) is 0 Å². The molecule has 0 unspecified atom stereocenters. The van der Waals surface area contributed by atoms with Crippen LogP contribution in [0.1, 0.15) is 24.3 Å². The van der Waals surface area contributed by atoms with Gasteiger partial charge in [-0.15, -0.1) is 0 Å². The SMILES string of the molecule is N.c1ccc(-c2ccccc2C2CC2)cc1. The molecular formula is C15H17N. The first kappa shape index (κ1) is 10.9. The second-order valence-corrected chi connectivity index (χ2v) is 4.23. The maximum absolute atomic E-state index is 2.28. The maximum atomic E-state index is 2.28. The van der Waals surface area contributed by atoms with Crippen molar-refractivity contribution in [3.05, 3.63) is 60.2 Å². The van der Waals surface area contributed by atoms with Crippen LogP contribution in [0, 0.1) is 0 Å². The van der Waals surface area contributed by atoms with Crippen molar-refractivity contribution in [3.63, 3.8) is 0 Å². The molecule has 1 saturated carbocycles. The third kappa shape index (κ3) is 2.00. The van der Waals surface area contributed by atoms with Crippen LogP contribution in [0.2, 0.25) is 0 Å². The van der Waals surface area contributed by atoms with Gasteiger partial charge in [-0.25, -0.2) is 0 Å². The summed E-state index contributed by atoms with van der Waals surface area (Å²) in [6, 6.07) is 19.5. The molecule has 1 fully saturated rings. The van der Waals surface area contributed by atoms with E-state index in [0.29, 0.717) is 0 Å². The number of benzene rings is 2. The van der Waals surface area contributed by atoms with Crippen LogP contribution in [0.4, 0.5) is 0 Å². The molecule has 0 aliphatic heterocycles. The van der Waals surface area contributed by atoms with Crippen molar-refractivity contribution in [3.8, 4) is 11.1 Å². The molecule has 0 heterocycles. The summed E-state index contributed by atoms with van der Waals surface area (Å²) >= 11 is 0. The summed E-state index contributed by atoms with van der Waals surface area (Å²) in [5.74, 6) is 0.821. The van der Waals surface area contributed by atoms with Gasteiger partial charge in [-0.3, -0.25) is 0 Å². The smallest absolute Gasteiger partial charge is 0.0149 e. The van der Waals surface area contributed by atoms with Crippen molar-refractivity contribution >= 4 is 0 Å². The van der Waals surface area contributed by atoms with Crippen LogP contribution in [-0.4, -0.2) is 0 Å². The van der Waals surface area contributed by atoms with Gasteiger partial charge in [0.2, 0.25) is 0 Å². The van der Waals surface area contributed by atoms with E-state index in [4.69, 9.17) is 0 Å². The Balaban J connectivity index is 0.000000963. The molecule has 0 amide bonds. The molecule has 0 saturated heterocycles. The minimum atomic E-state index is 0. The van der Waals surface area contributed by atoms with E-state index in [2.05, 4.69) is 54.6 Å². The molecule has 0 aromatic heterocycles. The topological polar surface area (TPSA) is 35.0 Å². The van der Waals surface area contributed by atoms with Crippen LogP contribution < -0.4 is 6.15 Å². The highest BCUT2D eigenvalue weighted by Crippen LogP contribution is 2.44. The molecule has 1 nitrogen and oxygen atoms in total. The summed E-state index contributed by atoms with van der Waals surface area (Å²) < 4.78 is 0. The summed E-state index contributed by atoms with van der Waals surface area (Å²) in [6.45, 7) is 0. The molecule has 0 atom stereocenters. The Morgan fingerprint density at radius 2 is 1.38 bits per heavy atom. The van der Waals surface area contributed by atoms with Crippen LogP contribution in [0.5, 0.6) is 0 Å². The van der Waals surface area contributed by atoms with Crippen molar-refractivity contribution in [1.29, 1.82) is 0 Å². The second-order valence-electron chi connectivity index (χ2n) is 4.23. The first-order valence-electron chi connectivity index (χ1n) is 5.59. The minimum absolute atomic E-state index is 0. The first-order chi connectivity index (χ1) is 7.45. The van der Waals surface area contributed by atoms with E-state index in [-0.39, 0.29) is 6.15 Å². The highest BCUT2D eigenvalue weighted by molar-refractivity contribution is 5.68. The van der Waals surface area contributed by atoms with E-state index in [1.54, 1.807) is 0 Å². The molecule has 1 aliphatic rings. The van der Waals surface area contributed by atoms with Crippen molar-refractivity contribution in [2.75, 3.05) is 0 Å². The Hall–Kier alpha value is -1.60. The fraction of sp³-hybridized carbons (Fsp3) is 0.200. The first-order valence-corrected chi connectivity index (χ1v) is 5.59. The van der Waals surface area contributed by atoms with E-state index in [1.807, 2.05) is 0 Å². The average molecular weight is 211 g/mol. The third-order valence-corrected chi connectivity index (χ3v) is 3.06. The summed E-state index contributed by atoms with van der Waals surface area (Å²) in [4.78, 5) is 0. The molecule has 0 radical (unpaired) electrons. The Morgan fingerprint density at radius 1 is 0.750 bits per heavy atom. The van der Waals surface area contributed by atoms with Gasteiger partial charge in [-0.2, -0.15) is 0 Å². The fourth-order valence-electron chi connectivity index (χ4n) is 2.13. The number of rotatable bonds is 2. The normalized spacial score (nSPS) is 14.2. The van der Waals surface area contributed by atoms with E-state index in [0.717, 1.165) is 5.92 Å². The zero-order chi connectivity index (χ0) is 10.1. The van der Waals surface area contributed by atoms with Gasteiger partial charge in [0.1, 0.15) is 0 Å². The van der Waals surface area contributed by atoms with Crippen LogP contribution in [0.3, 0.4) is 0 Å². The highest BCUT2D eigenvalue weighted by atomic mass is 14.3. The Bertz CT molecular complexity index is 458. The molecule has 2 aromatic rings. The Kier molecular flexibility index (Phi) is 3.07. The lowest BCUT2D eigenvalue weighted by Crippen LogP contribution is -1.85. The van der Waals surface area contributed by atoms with E-state index >= 15 is 0 Å². The van der Waals surface area contributed by atoms with Crippen molar-refractivity contribution in [1.82, 2.24) is 6.15 Å². The molecule has 3 rings (SSSR count). The zero-order valence-electron chi connectivity index (χ0n) is 9.39. The average Bonchev–Trinajstić information content (AvgIpc) is 3.14. The van der Waals surface area contributed by atoms with Gasteiger partial charge in [-0.1, -0.05) is 54.6 Å². The predicted octanol–water partition coefficient (Wildman–Crippen LogP) is 4.39. The maximum Gasteiger partial charge on any atom is -0.0149 e. The van der Waals surface area contributed by atoms with Gasteiger partial charge in [0, 0.05) is 0 Å². The molecule has 1 aliphatic carbocycles. The number of hydrogen-bond acceptors (Lipinski definition) is 1. The second kappa shape index (κ2) is 4.50. The van der Waals surface area contributed by atoms with Crippen molar-refractivity contribution < 1.29 is 0 Å². The van der Waals surface area contributed by atoms with Crippen molar-refractivity contribution in [2.24, 2.45) is 0 Å². The van der Waals surface area contributed by atoms with Crippen LogP contribution in [-0.2, 0) is 0 Å². The van der Waals surface area contributed by atoms with E-state index in [9.17, 15) is 0 Å². The predicted molar refractivity (Wildman–Crippen MR) is 68.9 cm³/mol. The van der Waals surface area contributed by atoms with Crippen LogP contribution in [0.25, 0.3) is 11.1 Å². The molecule has 0 bridgehead atoms. The molecule has 2 aromatic carbocycles. The summed E-state index contributed by atoms with van der Waals surface area (Å²) in [5.41, 5.74) is 4.30. The van der Waals surface area contributed by atoms with Crippen LogP contribution >= 0.6 is 0 Å². The monoisotopic (exact) mass is 211 g/mol. The molecule has 82 valence electrons. The summed E-state index contributed by atoms with van der Waals surface area (Å²) in [5, 5.41) is 0. The van der Waals surface area contributed by atoms with Gasteiger partial charge >= 0.3 is 0 Å². The molecule has 16 heavy (non-hydrogen) atoms. The molecule has 1 heteroatoms. The molecule has 3 N–H and O–H groups in total. The van der Waals surface area contributed by atoms with Gasteiger partial charge in [-0.05, 0) is 35.4 Å². The van der Waals surface area contributed by atoms with Gasteiger partial charge in [0.25, 0.3) is 0 Å². The van der Waals surface area contributed by atoms with Gasteiger partial charge < -0.3 is 6.15 Å². The highest BCUT2D eigenvalue weighted by Gasteiger charge is 2.25.